The van der Waals surface area contributed by atoms with Crippen molar-refractivity contribution in [2.45, 2.75) is 132 Å². The van der Waals surface area contributed by atoms with Crippen molar-refractivity contribution in [2.75, 3.05) is 0 Å². The van der Waals surface area contributed by atoms with Gasteiger partial charge in [-0.25, -0.2) is 0 Å². The predicted octanol–water partition coefficient (Wildman–Crippen LogP) is 12.2. The minimum absolute atomic E-state index is 0.980. The Bertz CT molecular complexity index is 980. The molecule has 0 aromatic heterocycles. The summed E-state index contributed by atoms with van der Waals surface area (Å²) in [6, 6.07) is 13.5. The van der Waals surface area contributed by atoms with Crippen molar-refractivity contribution in [3.05, 3.63) is 58.7 Å². The molecule has 8 unspecified atom stereocenters. The maximum atomic E-state index is 2.47. The van der Waals surface area contributed by atoms with Crippen molar-refractivity contribution < 1.29 is 0 Å². The average Bonchev–Trinajstić information content (AvgIpc) is 3.25. The van der Waals surface area contributed by atoms with Gasteiger partial charge in [-0.05, 0) is 116 Å². The fraction of sp³-hybridized carbons (Fsp3) is 0.700. The van der Waals surface area contributed by atoms with Gasteiger partial charge in [-0.1, -0.05) is 134 Å². The molecule has 222 valence electrons. The fourth-order valence-corrected chi connectivity index (χ4v) is 8.42. The zero-order chi connectivity index (χ0) is 28.8. The highest BCUT2D eigenvalue weighted by Gasteiger charge is 2.30. The molecular formula is C40H62. The third-order valence-electron chi connectivity index (χ3n) is 11.5. The first-order valence-corrected chi connectivity index (χ1v) is 17.3. The van der Waals surface area contributed by atoms with Crippen LogP contribution in [0.15, 0.2) is 36.4 Å². The van der Waals surface area contributed by atoms with E-state index in [2.05, 4.69) is 91.8 Å². The minimum Gasteiger partial charge on any atom is -0.0625 e. The van der Waals surface area contributed by atoms with E-state index in [1.165, 1.54) is 97.6 Å². The molecule has 0 bridgehead atoms. The van der Waals surface area contributed by atoms with E-state index in [9.17, 15) is 0 Å². The van der Waals surface area contributed by atoms with E-state index in [-0.39, 0.29) is 0 Å². The summed E-state index contributed by atoms with van der Waals surface area (Å²) >= 11 is 0. The van der Waals surface area contributed by atoms with Gasteiger partial charge in [0, 0.05) is 0 Å². The maximum Gasteiger partial charge on any atom is -0.00133 e. The summed E-state index contributed by atoms with van der Waals surface area (Å²) in [5.41, 5.74) is 8.54. The minimum atomic E-state index is 0.980. The second kappa shape index (κ2) is 14.6. The highest BCUT2D eigenvalue weighted by atomic mass is 14.4. The van der Waals surface area contributed by atoms with Gasteiger partial charge in [-0.3, -0.25) is 0 Å². The van der Waals surface area contributed by atoms with Gasteiger partial charge >= 0.3 is 0 Å². The summed E-state index contributed by atoms with van der Waals surface area (Å²) in [4.78, 5) is 0. The maximum absolute atomic E-state index is 2.47. The van der Waals surface area contributed by atoms with Crippen LogP contribution in [0.3, 0.4) is 0 Å². The van der Waals surface area contributed by atoms with Gasteiger partial charge < -0.3 is 0 Å². The molecule has 40 heavy (non-hydrogen) atoms. The number of aryl methyl sites for hydroxylation is 2. The molecule has 3 fully saturated rings. The number of benzene rings is 2. The first kappa shape index (κ1) is 31.4. The van der Waals surface area contributed by atoms with Crippen LogP contribution in [0.4, 0.5) is 0 Å². The molecule has 0 saturated heterocycles. The second-order valence-corrected chi connectivity index (χ2v) is 15.4. The average molecular weight is 543 g/mol. The van der Waals surface area contributed by atoms with Crippen LogP contribution in [0.2, 0.25) is 0 Å². The van der Waals surface area contributed by atoms with Crippen LogP contribution in [-0.4, -0.2) is 0 Å². The van der Waals surface area contributed by atoms with Crippen molar-refractivity contribution >= 4 is 0 Å². The molecule has 0 aliphatic heterocycles. The quantitative estimate of drug-likeness (QED) is 0.302. The Morgan fingerprint density at radius 1 is 0.525 bits per heavy atom. The summed E-state index contributed by atoms with van der Waals surface area (Å²) in [6.45, 7) is 18.9. The van der Waals surface area contributed by atoms with E-state index < -0.39 is 0 Å². The van der Waals surface area contributed by atoms with Crippen LogP contribution >= 0.6 is 0 Å². The Kier molecular flexibility index (Phi) is 11.4. The zero-order valence-corrected chi connectivity index (χ0v) is 27.6. The lowest BCUT2D eigenvalue weighted by molar-refractivity contribution is 0.139. The monoisotopic (exact) mass is 542 g/mol. The van der Waals surface area contributed by atoms with E-state index in [0.29, 0.717) is 0 Å². The van der Waals surface area contributed by atoms with Gasteiger partial charge in [0.2, 0.25) is 0 Å². The van der Waals surface area contributed by atoms with Gasteiger partial charge in [-0.15, -0.1) is 0 Å². The SMILES string of the molecule is CC1CCC(CC2CCC(C)C(C)C2)CC1C.CC1CCCC(C)C1.Cc1ccc2c(c1)Cc1cc(C)ccc1-2. The molecule has 0 heteroatoms. The summed E-state index contributed by atoms with van der Waals surface area (Å²) in [7, 11) is 0. The molecule has 2 aromatic rings. The van der Waals surface area contributed by atoms with Gasteiger partial charge in [0.25, 0.3) is 0 Å². The summed E-state index contributed by atoms with van der Waals surface area (Å²) in [6.07, 6.45) is 17.6. The second-order valence-electron chi connectivity index (χ2n) is 15.4. The van der Waals surface area contributed by atoms with E-state index in [0.717, 1.165) is 53.8 Å². The highest BCUT2D eigenvalue weighted by molar-refractivity contribution is 5.77. The first-order valence-electron chi connectivity index (χ1n) is 17.3. The van der Waals surface area contributed by atoms with E-state index in [1.807, 2.05) is 0 Å². The van der Waals surface area contributed by atoms with Crippen molar-refractivity contribution in [3.63, 3.8) is 0 Å². The molecule has 0 nitrogen and oxygen atoms in total. The number of hydrogen-bond acceptors (Lipinski definition) is 0. The number of rotatable bonds is 2. The molecule has 6 rings (SSSR count). The molecule has 0 N–H and O–H groups in total. The Morgan fingerprint density at radius 2 is 0.975 bits per heavy atom. The molecular weight excluding hydrogens is 480 g/mol. The van der Waals surface area contributed by atoms with Crippen LogP contribution in [0.1, 0.15) is 134 Å². The van der Waals surface area contributed by atoms with Gasteiger partial charge in [0.1, 0.15) is 0 Å². The van der Waals surface area contributed by atoms with E-state index in [1.54, 1.807) is 6.42 Å². The Hall–Kier alpha value is -1.56. The Balaban J connectivity index is 0.000000147. The molecule has 2 aromatic carbocycles. The van der Waals surface area contributed by atoms with Crippen molar-refractivity contribution in [3.8, 4) is 11.1 Å². The normalized spacial score (nSPS) is 33.0. The van der Waals surface area contributed by atoms with Crippen molar-refractivity contribution in [1.29, 1.82) is 0 Å². The van der Waals surface area contributed by atoms with E-state index in [4.69, 9.17) is 0 Å². The summed E-state index contributed by atoms with van der Waals surface area (Å²) in [5.74, 6) is 8.08. The van der Waals surface area contributed by atoms with Crippen LogP contribution in [0.5, 0.6) is 0 Å². The molecule has 0 heterocycles. The van der Waals surface area contributed by atoms with Crippen LogP contribution in [0, 0.1) is 61.2 Å². The van der Waals surface area contributed by atoms with Crippen LogP contribution in [0.25, 0.3) is 11.1 Å². The standard InChI is InChI=1S/C17H32.C15H14.C8H16/c1-12-5-7-16(9-14(12)3)11-17-8-6-13(2)15(4)10-17;1-10-3-5-14-12(7-10)9-13-8-11(2)4-6-15(13)14;1-7-4-3-5-8(2)6-7/h12-17H,5-11H2,1-4H3;3-8H,9H2,1-2H3;7-8H,3-6H2,1-2H3. The van der Waals surface area contributed by atoms with Crippen molar-refractivity contribution in [2.24, 2.45) is 47.3 Å². The van der Waals surface area contributed by atoms with E-state index >= 15 is 0 Å². The molecule has 0 amide bonds. The number of hydrogen-bond donors (Lipinski definition) is 0. The lowest BCUT2D eigenvalue weighted by Gasteiger charge is -2.37. The fourth-order valence-electron chi connectivity index (χ4n) is 8.42. The predicted molar refractivity (Wildman–Crippen MR) is 177 cm³/mol. The van der Waals surface area contributed by atoms with Gasteiger partial charge in [0.15, 0.2) is 0 Å². The third-order valence-corrected chi connectivity index (χ3v) is 11.5. The highest BCUT2D eigenvalue weighted by Crippen LogP contribution is 2.42. The Morgan fingerprint density at radius 3 is 1.35 bits per heavy atom. The molecule has 4 aliphatic rings. The lowest BCUT2D eigenvalue weighted by atomic mass is 9.68. The van der Waals surface area contributed by atoms with Gasteiger partial charge in [0.05, 0.1) is 0 Å². The van der Waals surface area contributed by atoms with Crippen LogP contribution in [-0.2, 0) is 6.42 Å². The number of fused-ring (bicyclic) bond motifs is 3. The largest absolute Gasteiger partial charge is 0.0625 e. The topological polar surface area (TPSA) is 0 Å². The summed E-state index contributed by atoms with van der Waals surface area (Å²) < 4.78 is 0. The molecule has 3 saturated carbocycles. The molecule has 0 spiro atoms. The first-order chi connectivity index (χ1) is 19.1. The van der Waals surface area contributed by atoms with Crippen LogP contribution < -0.4 is 0 Å². The molecule has 4 aliphatic carbocycles. The Labute approximate surface area is 249 Å². The summed E-state index contributed by atoms with van der Waals surface area (Å²) in [5, 5.41) is 0. The lowest BCUT2D eigenvalue weighted by Crippen LogP contribution is -2.26. The zero-order valence-electron chi connectivity index (χ0n) is 27.6. The smallest absolute Gasteiger partial charge is 0.00133 e. The molecule has 8 atom stereocenters. The van der Waals surface area contributed by atoms with Crippen molar-refractivity contribution in [1.82, 2.24) is 0 Å². The van der Waals surface area contributed by atoms with Gasteiger partial charge in [-0.2, -0.15) is 0 Å². The molecule has 0 radical (unpaired) electrons. The third kappa shape index (κ3) is 8.72.